The van der Waals surface area contributed by atoms with Gasteiger partial charge in [0.2, 0.25) is 5.91 Å². The van der Waals surface area contributed by atoms with Gasteiger partial charge in [-0.3, -0.25) is 19.4 Å². The van der Waals surface area contributed by atoms with E-state index in [0.717, 1.165) is 17.7 Å². The van der Waals surface area contributed by atoms with Crippen LogP contribution in [0.25, 0.3) is 0 Å². The molecule has 7 heteroatoms. The van der Waals surface area contributed by atoms with Crippen LogP contribution in [0.1, 0.15) is 28.2 Å². The zero-order valence-corrected chi connectivity index (χ0v) is 21.2. The van der Waals surface area contributed by atoms with E-state index in [9.17, 15) is 4.79 Å². The van der Waals surface area contributed by atoms with Crippen molar-refractivity contribution in [2.45, 2.75) is 25.2 Å². The Bertz CT molecular complexity index is 1220. The van der Waals surface area contributed by atoms with Crippen LogP contribution in [-0.4, -0.2) is 62.8 Å². The van der Waals surface area contributed by atoms with Gasteiger partial charge in [0.15, 0.2) is 0 Å². The third kappa shape index (κ3) is 6.70. The number of aromatic nitrogens is 3. The first kappa shape index (κ1) is 24.9. The fourth-order valence-electron chi connectivity index (χ4n) is 4.95. The Labute approximate surface area is 218 Å². The predicted octanol–water partition coefficient (Wildman–Crippen LogP) is 3.88. The second-order valence-corrected chi connectivity index (χ2v) is 9.65. The fourth-order valence-corrected chi connectivity index (χ4v) is 4.95. The summed E-state index contributed by atoms with van der Waals surface area (Å²) < 4.78 is 8.18. The molecule has 1 aliphatic heterocycles. The summed E-state index contributed by atoms with van der Waals surface area (Å²) in [4.78, 5) is 21.8. The first-order valence-corrected chi connectivity index (χ1v) is 12.7. The maximum atomic E-state index is 13.5. The minimum atomic E-state index is -0.122. The molecule has 0 bridgehead atoms. The van der Waals surface area contributed by atoms with E-state index < -0.39 is 0 Å². The topological polar surface area (TPSA) is 63.5 Å². The molecule has 1 aliphatic rings. The summed E-state index contributed by atoms with van der Waals surface area (Å²) in [6.45, 7) is 3.31. The molecule has 1 amide bonds. The maximum Gasteiger partial charge on any atom is 0.237 e. The minimum Gasteiger partial charge on any atom is -0.370 e. The average Bonchev–Trinajstić information content (AvgIpc) is 3.28. The van der Waals surface area contributed by atoms with Gasteiger partial charge in [-0.1, -0.05) is 60.7 Å². The van der Waals surface area contributed by atoms with Crippen LogP contribution in [0.5, 0.6) is 0 Å². The van der Waals surface area contributed by atoms with E-state index in [1.165, 1.54) is 11.1 Å². The van der Waals surface area contributed by atoms with Crippen molar-refractivity contribution in [3.05, 3.63) is 120 Å². The molecule has 0 saturated carbocycles. The van der Waals surface area contributed by atoms with Crippen molar-refractivity contribution in [2.24, 2.45) is 7.05 Å². The number of pyridine rings is 1. The van der Waals surface area contributed by atoms with Gasteiger partial charge in [0.1, 0.15) is 0 Å². The van der Waals surface area contributed by atoms with Crippen molar-refractivity contribution in [1.82, 2.24) is 24.6 Å². The van der Waals surface area contributed by atoms with E-state index in [2.05, 4.69) is 63.5 Å². The number of nitrogens with zero attached hydrogens (tertiary/aromatic N) is 5. The van der Waals surface area contributed by atoms with Crippen LogP contribution < -0.4 is 0 Å². The molecule has 0 aliphatic carbocycles. The van der Waals surface area contributed by atoms with Crippen molar-refractivity contribution in [3.63, 3.8) is 0 Å². The molecule has 37 heavy (non-hydrogen) atoms. The molecule has 2 aromatic carbocycles. The number of carbonyl (C=O) groups excluding carboxylic acids is 1. The van der Waals surface area contributed by atoms with Crippen LogP contribution in [0.3, 0.4) is 0 Å². The standard InChI is InChI=1S/C30H33N5O2/c1-33-17-25(16-32-33)18-35-20-28(37-23-24-12-14-31-15-13-24)19-34(22-30(35)36)21-29(26-8-4-2-5-9-26)27-10-6-3-7-11-27/h2-17,28-29H,18-23H2,1H3. The highest BCUT2D eigenvalue weighted by atomic mass is 16.5. The summed E-state index contributed by atoms with van der Waals surface area (Å²) in [5.74, 6) is 0.264. The lowest BCUT2D eigenvalue weighted by molar-refractivity contribution is -0.132. The van der Waals surface area contributed by atoms with Crippen LogP contribution in [0.2, 0.25) is 0 Å². The average molecular weight is 496 g/mol. The second-order valence-electron chi connectivity index (χ2n) is 9.65. The van der Waals surface area contributed by atoms with Gasteiger partial charge in [-0.05, 0) is 28.8 Å². The summed E-state index contributed by atoms with van der Waals surface area (Å²) in [6.07, 6.45) is 7.22. The normalized spacial score (nSPS) is 16.8. The maximum absolute atomic E-state index is 13.5. The summed E-state index contributed by atoms with van der Waals surface area (Å²) in [5, 5.41) is 4.28. The van der Waals surface area contributed by atoms with Crippen molar-refractivity contribution in [3.8, 4) is 0 Å². The van der Waals surface area contributed by atoms with Crippen molar-refractivity contribution in [1.29, 1.82) is 0 Å². The van der Waals surface area contributed by atoms with Crippen LogP contribution in [0.15, 0.2) is 97.6 Å². The quantitative estimate of drug-likeness (QED) is 0.353. The lowest BCUT2D eigenvalue weighted by Crippen LogP contribution is -2.38. The highest BCUT2D eigenvalue weighted by molar-refractivity contribution is 5.78. The first-order chi connectivity index (χ1) is 18.1. The van der Waals surface area contributed by atoms with Crippen LogP contribution in [-0.2, 0) is 29.7 Å². The Morgan fingerprint density at radius 1 is 0.919 bits per heavy atom. The molecule has 1 fully saturated rings. The summed E-state index contributed by atoms with van der Waals surface area (Å²) in [7, 11) is 1.89. The molecule has 0 N–H and O–H groups in total. The van der Waals surface area contributed by atoms with E-state index in [1.807, 2.05) is 48.6 Å². The van der Waals surface area contributed by atoms with Crippen molar-refractivity contribution >= 4 is 5.91 Å². The highest BCUT2D eigenvalue weighted by Gasteiger charge is 2.30. The van der Waals surface area contributed by atoms with Gasteiger partial charge in [0, 0.05) is 63.3 Å². The van der Waals surface area contributed by atoms with Gasteiger partial charge in [0.25, 0.3) is 0 Å². The number of hydrogen-bond acceptors (Lipinski definition) is 5. The third-order valence-electron chi connectivity index (χ3n) is 6.81. The largest absolute Gasteiger partial charge is 0.370 e. The Kier molecular flexibility index (Phi) is 8.03. The molecule has 0 radical (unpaired) electrons. The molecule has 2 aromatic heterocycles. The molecule has 190 valence electrons. The molecule has 5 rings (SSSR count). The molecule has 1 saturated heterocycles. The molecule has 0 spiro atoms. The zero-order valence-electron chi connectivity index (χ0n) is 21.2. The number of hydrogen-bond donors (Lipinski definition) is 0. The van der Waals surface area contributed by atoms with Gasteiger partial charge in [-0.25, -0.2) is 0 Å². The Morgan fingerprint density at radius 2 is 1.59 bits per heavy atom. The summed E-state index contributed by atoms with van der Waals surface area (Å²) >= 11 is 0. The molecule has 7 nitrogen and oxygen atoms in total. The molecule has 3 heterocycles. The SMILES string of the molecule is Cn1cc(CN2CC(OCc3ccncc3)CN(CC(c3ccccc3)c3ccccc3)CC2=O)cn1. The minimum absolute atomic E-state index is 0.110. The summed E-state index contributed by atoms with van der Waals surface area (Å²) in [6, 6.07) is 25.0. The number of aryl methyl sites for hydroxylation is 1. The molecule has 4 aromatic rings. The van der Waals surface area contributed by atoms with Crippen LogP contribution in [0.4, 0.5) is 0 Å². The Hall–Kier alpha value is -3.81. The number of amides is 1. The van der Waals surface area contributed by atoms with E-state index in [1.54, 1.807) is 17.1 Å². The van der Waals surface area contributed by atoms with Crippen molar-refractivity contribution < 1.29 is 9.53 Å². The van der Waals surface area contributed by atoms with E-state index in [4.69, 9.17) is 4.74 Å². The Morgan fingerprint density at radius 3 is 2.22 bits per heavy atom. The number of benzene rings is 2. The number of ether oxygens (including phenoxy) is 1. The smallest absolute Gasteiger partial charge is 0.237 e. The molecular formula is C30H33N5O2. The molecular weight excluding hydrogens is 462 g/mol. The van der Waals surface area contributed by atoms with Crippen LogP contribution in [0, 0.1) is 0 Å². The summed E-state index contributed by atoms with van der Waals surface area (Å²) in [5.41, 5.74) is 4.57. The second kappa shape index (κ2) is 12.0. The van der Waals surface area contributed by atoms with Gasteiger partial charge in [0.05, 0.1) is 25.5 Å². The third-order valence-corrected chi connectivity index (χ3v) is 6.81. The lowest BCUT2D eigenvalue weighted by atomic mass is 9.90. The van der Waals surface area contributed by atoms with Gasteiger partial charge >= 0.3 is 0 Å². The Balaban J connectivity index is 1.38. The number of carbonyl (C=O) groups is 1. The first-order valence-electron chi connectivity index (χ1n) is 12.7. The highest BCUT2D eigenvalue weighted by Crippen LogP contribution is 2.27. The van der Waals surface area contributed by atoms with E-state index in [0.29, 0.717) is 32.8 Å². The monoisotopic (exact) mass is 495 g/mol. The van der Waals surface area contributed by atoms with Gasteiger partial charge < -0.3 is 9.64 Å². The van der Waals surface area contributed by atoms with Gasteiger partial charge in [-0.15, -0.1) is 0 Å². The van der Waals surface area contributed by atoms with E-state index in [-0.39, 0.29) is 17.9 Å². The zero-order chi connectivity index (χ0) is 25.5. The van der Waals surface area contributed by atoms with Crippen LogP contribution >= 0.6 is 0 Å². The molecule has 1 unspecified atom stereocenters. The number of rotatable bonds is 9. The van der Waals surface area contributed by atoms with Crippen molar-refractivity contribution in [2.75, 3.05) is 26.2 Å². The molecule has 1 atom stereocenters. The van der Waals surface area contributed by atoms with Gasteiger partial charge in [-0.2, -0.15) is 5.10 Å². The predicted molar refractivity (Wildman–Crippen MR) is 143 cm³/mol. The van der Waals surface area contributed by atoms with E-state index >= 15 is 0 Å². The lowest BCUT2D eigenvalue weighted by Gasteiger charge is -2.28. The fraction of sp³-hybridized carbons (Fsp3) is 0.300.